The minimum atomic E-state index is -0.301. The number of imidazole rings is 1. The zero-order valence-corrected chi connectivity index (χ0v) is 14.4. The van der Waals surface area contributed by atoms with Gasteiger partial charge in [-0.3, -0.25) is 9.69 Å². The first-order valence-corrected chi connectivity index (χ1v) is 8.03. The van der Waals surface area contributed by atoms with E-state index in [0.29, 0.717) is 6.54 Å². The van der Waals surface area contributed by atoms with Gasteiger partial charge in [0.25, 0.3) is 0 Å². The maximum absolute atomic E-state index is 12.7. The summed E-state index contributed by atoms with van der Waals surface area (Å²) in [6.45, 7) is 5.53. The quantitative estimate of drug-likeness (QED) is 0.854. The molecule has 0 fully saturated rings. The van der Waals surface area contributed by atoms with Crippen molar-refractivity contribution in [1.82, 2.24) is 19.8 Å². The fourth-order valence-electron chi connectivity index (χ4n) is 2.74. The second-order valence-corrected chi connectivity index (χ2v) is 6.03. The molecule has 1 aromatic carbocycles. The molecule has 1 heterocycles. The second-order valence-electron chi connectivity index (χ2n) is 6.03. The van der Waals surface area contributed by atoms with Crippen molar-refractivity contribution in [3.63, 3.8) is 0 Å². The van der Waals surface area contributed by atoms with Crippen LogP contribution in [0.3, 0.4) is 0 Å². The Morgan fingerprint density at radius 2 is 2.17 bits per heavy atom. The molecule has 0 saturated carbocycles. The molecule has 1 N–H and O–H groups in total. The number of amides is 1. The highest BCUT2D eigenvalue weighted by atomic mass is 16.2. The third-order valence-electron chi connectivity index (χ3n) is 3.81. The Labute approximate surface area is 138 Å². The van der Waals surface area contributed by atoms with Gasteiger partial charge in [0.15, 0.2) is 0 Å². The number of aryl methyl sites for hydroxylation is 2. The molecule has 0 unspecified atom stereocenters. The predicted octanol–water partition coefficient (Wildman–Crippen LogP) is 2.52. The van der Waals surface area contributed by atoms with Gasteiger partial charge in [0.1, 0.15) is 11.9 Å². The summed E-state index contributed by atoms with van der Waals surface area (Å²) in [5, 5.41) is 3.02. The number of benzene rings is 1. The van der Waals surface area contributed by atoms with E-state index in [-0.39, 0.29) is 11.9 Å². The van der Waals surface area contributed by atoms with Crippen molar-refractivity contribution in [3.8, 4) is 0 Å². The van der Waals surface area contributed by atoms with Crippen LogP contribution in [0.15, 0.2) is 36.7 Å². The van der Waals surface area contributed by atoms with E-state index in [1.165, 1.54) is 0 Å². The Bertz CT molecular complexity index is 648. The van der Waals surface area contributed by atoms with Crippen molar-refractivity contribution in [2.24, 2.45) is 0 Å². The average Bonchev–Trinajstić information content (AvgIpc) is 2.93. The van der Waals surface area contributed by atoms with Crippen LogP contribution in [-0.4, -0.2) is 34.5 Å². The molecule has 1 atom stereocenters. The van der Waals surface area contributed by atoms with Crippen molar-refractivity contribution in [1.29, 1.82) is 0 Å². The van der Waals surface area contributed by atoms with Crippen LogP contribution >= 0.6 is 0 Å². The highest BCUT2D eigenvalue weighted by Crippen LogP contribution is 2.19. The lowest BCUT2D eigenvalue weighted by molar-refractivity contribution is -0.126. The van der Waals surface area contributed by atoms with Gasteiger partial charge in [0.05, 0.1) is 6.54 Å². The van der Waals surface area contributed by atoms with Gasteiger partial charge >= 0.3 is 0 Å². The van der Waals surface area contributed by atoms with Gasteiger partial charge in [-0.25, -0.2) is 4.98 Å². The van der Waals surface area contributed by atoms with Crippen LogP contribution in [0.25, 0.3) is 0 Å². The molecule has 0 aliphatic rings. The molecule has 0 radical (unpaired) electrons. The van der Waals surface area contributed by atoms with Gasteiger partial charge in [0, 0.05) is 18.9 Å². The maximum Gasteiger partial charge on any atom is 0.242 e. The summed E-state index contributed by atoms with van der Waals surface area (Å²) in [5.41, 5.74) is 2.16. The van der Waals surface area contributed by atoms with Gasteiger partial charge in [-0.2, -0.15) is 0 Å². The molecule has 0 aliphatic heterocycles. The molecule has 5 heteroatoms. The zero-order valence-electron chi connectivity index (χ0n) is 14.4. The molecule has 2 rings (SSSR count). The van der Waals surface area contributed by atoms with Crippen LogP contribution in [0.2, 0.25) is 0 Å². The van der Waals surface area contributed by atoms with Crippen molar-refractivity contribution in [2.75, 3.05) is 14.1 Å². The van der Waals surface area contributed by atoms with Gasteiger partial charge in [-0.1, -0.05) is 36.8 Å². The standard InChI is InChI=1S/C18H26N4O/c1-5-10-22-11-9-19-16(22)13-20-18(23)17(21(3)4)15-8-6-7-14(2)12-15/h6-9,11-12,17H,5,10,13H2,1-4H3,(H,20,23)/t17-/m0/s1. The summed E-state index contributed by atoms with van der Waals surface area (Å²) >= 11 is 0. The second kappa shape index (κ2) is 7.92. The van der Waals surface area contributed by atoms with Gasteiger partial charge in [-0.15, -0.1) is 0 Å². The predicted molar refractivity (Wildman–Crippen MR) is 92.0 cm³/mol. The Morgan fingerprint density at radius 1 is 1.39 bits per heavy atom. The van der Waals surface area contributed by atoms with Crippen molar-refractivity contribution < 1.29 is 4.79 Å². The van der Waals surface area contributed by atoms with Crippen molar-refractivity contribution >= 4 is 5.91 Å². The largest absolute Gasteiger partial charge is 0.347 e. The molecule has 0 saturated heterocycles. The molecule has 2 aromatic rings. The molecule has 0 aliphatic carbocycles. The van der Waals surface area contributed by atoms with E-state index in [1.54, 1.807) is 6.20 Å². The number of hydrogen-bond acceptors (Lipinski definition) is 3. The molecule has 124 valence electrons. The summed E-state index contributed by atoms with van der Waals surface area (Å²) in [4.78, 5) is 18.9. The summed E-state index contributed by atoms with van der Waals surface area (Å²) in [5.74, 6) is 0.883. The Morgan fingerprint density at radius 3 is 2.83 bits per heavy atom. The topological polar surface area (TPSA) is 50.2 Å². The summed E-state index contributed by atoms with van der Waals surface area (Å²) in [6, 6.07) is 7.78. The van der Waals surface area contributed by atoms with Crippen LogP contribution in [0.4, 0.5) is 0 Å². The van der Waals surface area contributed by atoms with E-state index >= 15 is 0 Å². The molecule has 0 bridgehead atoms. The summed E-state index contributed by atoms with van der Waals surface area (Å²) < 4.78 is 2.08. The highest BCUT2D eigenvalue weighted by molar-refractivity contribution is 5.83. The number of carbonyl (C=O) groups excluding carboxylic acids is 1. The van der Waals surface area contributed by atoms with Crippen LogP contribution in [0.5, 0.6) is 0 Å². The number of nitrogens with zero attached hydrogens (tertiary/aromatic N) is 3. The Kier molecular flexibility index (Phi) is 5.93. The first-order valence-electron chi connectivity index (χ1n) is 8.03. The Hall–Kier alpha value is -2.14. The minimum absolute atomic E-state index is 0.00773. The molecular weight excluding hydrogens is 288 g/mol. The number of aromatic nitrogens is 2. The SMILES string of the molecule is CCCn1ccnc1CNC(=O)[C@H](c1cccc(C)c1)N(C)C. The lowest BCUT2D eigenvalue weighted by Gasteiger charge is -2.24. The van der Waals surface area contributed by atoms with E-state index in [2.05, 4.69) is 27.9 Å². The van der Waals surface area contributed by atoms with E-state index in [4.69, 9.17) is 0 Å². The third kappa shape index (κ3) is 4.42. The molecule has 0 spiro atoms. The number of hydrogen-bond donors (Lipinski definition) is 1. The van der Waals surface area contributed by atoms with E-state index in [9.17, 15) is 4.79 Å². The van der Waals surface area contributed by atoms with E-state index in [1.807, 2.05) is 50.3 Å². The molecule has 1 amide bonds. The van der Waals surface area contributed by atoms with Gasteiger partial charge < -0.3 is 9.88 Å². The van der Waals surface area contributed by atoms with Crippen molar-refractivity contribution in [2.45, 2.75) is 39.4 Å². The molecular formula is C18H26N4O. The third-order valence-corrected chi connectivity index (χ3v) is 3.81. The zero-order chi connectivity index (χ0) is 16.8. The number of carbonyl (C=O) groups is 1. The smallest absolute Gasteiger partial charge is 0.242 e. The van der Waals surface area contributed by atoms with Crippen LogP contribution in [0.1, 0.15) is 36.3 Å². The van der Waals surface area contributed by atoms with Crippen LogP contribution in [-0.2, 0) is 17.9 Å². The average molecular weight is 314 g/mol. The fourth-order valence-corrected chi connectivity index (χ4v) is 2.74. The number of rotatable bonds is 7. The molecule has 23 heavy (non-hydrogen) atoms. The van der Waals surface area contributed by atoms with E-state index in [0.717, 1.165) is 29.9 Å². The Balaban J connectivity index is 2.08. The summed E-state index contributed by atoms with van der Waals surface area (Å²) in [7, 11) is 3.84. The maximum atomic E-state index is 12.7. The molecule has 1 aromatic heterocycles. The lowest BCUT2D eigenvalue weighted by atomic mass is 10.0. The van der Waals surface area contributed by atoms with E-state index < -0.39 is 0 Å². The van der Waals surface area contributed by atoms with Gasteiger partial charge in [0.2, 0.25) is 5.91 Å². The number of nitrogens with one attached hydrogen (secondary N) is 1. The minimum Gasteiger partial charge on any atom is -0.347 e. The van der Waals surface area contributed by atoms with Crippen LogP contribution in [0, 0.1) is 6.92 Å². The molecule has 5 nitrogen and oxygen atoms in total. The van der Waals surface area contributed by atoms with Crippen LogP contribution < -0.4 is 5.32 Å². The monoisotopic (exact) mass is 314 g/mol. The first-order chi connectivity index (χ1) is 11.0. The highest BCUT2D eigenvalue weighted by Gasteiger charge is 2.23. The lowest BCUT2D eigenvalue weighted by Crippen LogP contribution is -2.37. The fraction of sp³-hybridized carbons (Fsp3) is 0.444. The first kappa shape index (κ1) is 17.2. The summed E-state index contributed by atoms with van der Waals surface area (Å²) in [6.07, 6.45) is 4.77. The normalized spacial score (nSPS) is 12.4. The van der Waals surface area contributed by atoms with Crippen molar-refractivity contribution in [3.05, 3.63) is 53.6 Å². The van der Waals surface area contributed by atoms with Gasteiger partial charge in [-0.05, 0) is 33.0 Å². The number of likely N-dealkylation sites (N-methyl/N-ethyl adjacent to an activating group) is 1.